The zero-order valence-electron chi connectivity index (χ0n) is 14.2. The van der Waals surface area contributed by atoms with Gasteiger partial charge in [-0.25, -0.2) is 4.68 Å². The smallest absolute Gasteiger partial charge is 0.324 e. The van der Waals surface area contributed by atoms with Crippen LogP contribution in [0.4, 0.5) is 6.01 Å². The maximum atomic E-state index is 12.4. The van der Waals surface area contributed by atoms with Crippen molar-refractivity contribution >= 4 is 17.8 Å². The van der Waals surface area contributed by atoms with Crippen LogP contribution in [0.25, 0.3) is 0 Å². The molecule has 0 aliphatic carbocycles. The van der Waals surface area contributed by atoms with Crippen molar-refractivity contribution in [2.45, 2.75) is 44.2 Å². The van der Waals surface area contributed by atoms with Crippen LogP contribution < -0.4 is 10.5 Å². The molecule has 4 heterocycles. The minimum absolute atomic E-state index is 0.0290. The van der Waals surface area contributed by atoms with E-state index in [1.807, 2.05) is 11.8 Å². The Morgan fingerprint density at radius 1 is 1.48 bits per heavy atom. The Kier molecular flexibility index (Phi) is 4.76. The van der Waals surface area contributed by atoms with Crippen molar-refractivity contribution in [3.63, 3.8) is 0 Å². The third kappa shape index (κ3) is 3.43. The summed E-state index contributed by atoms with van der Waals surface area (Å²) in [6, 6.07) is 2.38. The lowest BCUT2D eigenvalue weighted by atomic mass is 10.2. The van der Waals surface area contributed by atoms with Crippen LogP contribution in [-0.2, 0) is 30.1 Å². The molecule has 2 aromatic heterocycles. The van der Waals surface area contributed by atoms with Crippen LogP contribution in [0.3, 0.4) is 0 Å². The van der Waals surface area contributed by atoms with Gasteiger partial charge in [0.15, 0.2) is 5.82 Å². The van der Waals surface area contributed by atoms with Gasteiger partial charge in [-0.3, -0.25) is 4.79 Å². The van der Waals surface area contributed by atoms with Crippen LogP contribution in [0.15, 0.2) is 15.4 Å². The lowest BCUT2D eigenvalue weighted by Gasteiger charge is -2.23. The first-order valence-corrected chi connectivity index (χ1v) is 9.66. The number of nitrogens with zero attached hydrogens (tertiary/aromatic N) is 5. The first-order chi connectivity index (χ1) is 12.2. The molecule has 1 saturated heterocycles. The molecule has 134 valence electrons. The highest BCUT2D eigenvalue weighted by molar-refractivity contribution is 7.98. The van der Waals surface area contributed by atoms with Gasteiger partial charge in [-0.1, -0.05) is 5.16 Å². The Morgan fingerprint density at radius 2 is 2.40 bits per heavy atom. The van der Waals surface area contributed by atoms with Crippen LogP contribution >= 0.6 is 11.8 Å². The molecule has 0 amide bonds. The van der Waals surface area contributed by atoms with Crippen LogP contribution in [-0.4, -0.2) is 45.4 Å². The van der Waals surface area contributed by atoms with Gasteiger partial charge in [0.25, 0.3) is 5.56 Å². The summed E-state index contributed by atoms with van der Waals surface area (Å²) in [6.07, 6.45) is 2.94. The van der Waals surface area contributed by atoms with Gasteiger partial charge >= 0.3 is 6.01 Å². The molecule has 0 spiro atoms. The molecule has 0 aromatic carbocycles. The summed E-state index contributed by atoms with van der Waals surface area (Å²) in [4.78, 5) is 18.9. The quantitative estimate of drug-likeness (QED) is 0.784. The van der Waals surface area contributed by atoms with E-state index in [0.717, 1.165) is 48.6 Å². The van der Waals surface area contributed by atoms with E-state index in [1.165, 1.54) is 0 Å². The summed E-state index contributed by atoms with van der Waals surface area (Å²) < 4.78 is 12.0. The van der Waals surface area contributed by atoms with Gasteiger partial charge in [-0.2, -0.15) is 21.8 Å². The molecule has 0 saturated carbocycles. The number of methoxy groups -OCH3 is 1. The van der Waals surface area contributed by atoms with Crippen LogP contribution in [0.2, 0.25) is 0 Å². The van der Waals surface area contributed by atoms with E-state index < -0.39 is 0 Å². The number of hydrogen-bond acceptors (Lipinski definition) is 8. The molecule has 2 aromatic rings. The topological polar surface area (TPSA) is 86.3 Å². The highest BCUT2D eigenvalue weighted by Crippen LogP contribution is 2.25. The highest BCUT2D eigenvalue weighted by atomic mass is 32.2. The fraction of sp³-hybridized carbons (Fsp3) is 0.625. The Labute approximate surface area is 149 Å². The largest absolute Gasteiger partial charge is 0.377 e. The first kappa shape index (κ1) is 16.6. The number of fused-ring (bicyclic) bond motifs is 1. The lowest BCUT2D eigenvalue weighted by Crippen LogP contribution is -2.38. The fourth-order valence-electron chi connectivity index (χ4n) is 3.41. The van der Waals surface area contributed by atoms with Gasteiger partial charge in [0.2, 0.25) is 0 Å². The predicted octanol–water partition coefficient (Wildman–Crippen LogP) is 1.23. The van der Waals surface area contributed by atoms with E-state index in [-0.39, 0.29) is 11.6 Å². The minimum atomic E-state index is -0.0290. The molecule has 4 rings (SSSR count). The van der Waals surface area contributed by atoms with E-state index in [0.29, 0.717) is 25.0 Å². The molecule has 1 fully saturated rings. The van der Waals surface area contributed by atoms with Gasteiger partial charge in [0.05, 0.1) is 18.3 Å². The van der Waals surface area contributed by atoms with E-state index in [4.69, 9.17) is 9.26 Å². The number of aromatic nitrogens is 4. The van der Waals surface area contributed by atoms with Crippen molar-refractivity contribution in [2.24, 2.45) is 0 Å². The number of aryl methyl sites for hydroxylation is 1. The Bertz CT molecular complexity index is 805. The van der Waals surface area contributed by atoms with Crippen molar-refractivity contribution in [1.82, 2.24) is 19.9 Å². The van der Waals surface area contributed by atoms with Crippen LogP contribution in [0, 0.1) is 0 Å². The zero-order chi connectivity index (χ0) is 17.2. The maximum Gasteiger partial charge on any atom is 0.324 e. The molecule has 1 atom stereocenters. The van der Waals surface area contributed by atoms with Crippen molar-refractivity contribution in [3.8, 4) is 0 Å². The van der Waals surface area contributed by atoms with Crippen molar-refractivity contribution in [1.29, 1.82) is 0 Å². The summed E-state index contributed by atoms with van der Waals surface area (Å²) in [5.74, 6) is 2.49. The molecule has 0 N–H and O–H groups in total. The molecule has 25 heavy (non-hydrogen) atoms. The summed E-state index contributed by atoms with van der Waals surface area (Å²) in [5.41, 5.74) is 2.11. The predicted molar refractivity (Wildman–Crippen MR) is 93.7 cm³/mol. The molecule has 2 aliphatic rings. The monoisotopic (exact) mass is 363 g/mol. The summed E-state index contributed by atoms with van der Waals surface area (Å²) in [6.45, 7) is 1.71. The molecular weight excluding hydrogens is 342 g/mol. The van der Waals surface area contributed by atoms with Crippen LogP contribution in [0.5, 0.6) is 0 Å². The molecular formula is C16H21N5O3S. The average molecular weight is 363 g/mol. The summed E-state index contributed by atoms with van der Waals surface area (Å²) in [5, 5.41) is 8.54. The van der Waals surface area contributed by atoms with Crippen molar-refractivity contribution in [2.75, 3.05) is 24.3 Å². The second-order valence-corrected chi connectivity index (χ2v) is 7.46. The number of hydrogen-bond donors (Lipinski definition) is 0. The molecule has 8 nitrogen and oxygen atoms in total. The highest BCUT2D eigenvalue weighted by Gasteiger charge is 2.30. The lowest BCUT2D eigenvalue weighted by molar-refractivity contribution is 0.174. The van der Waals surface area contributed by atoms with E-state index in [1.54, 1.807) is 17.9 Å². The van der Waals surface area contributed by atoms with Gasteiger partial charge in [0, 0.05) is 31.9 Å². The molecule has 2 aliphatic heterocycles. The second-order valence-electron chi connectivity index (χ2n) is 6.35. The van der Waals surface area contributed by atoms with Crippen molar-refractivity contribution < 1.29 is 9.26 Å². The van der Waals surface area contributed by atoms with E-state index in [2.05, 4.69) is 20.1 Å². The number of anilines is 1. The number of thioether (sulfide) groups is 1. The van der Waals surface area contributed by atoms with E-state index in [9.17, 15) is 4.79 Å². The second kappa shape index (κ2) is 7.17. The normalized spacial score (nSPS) is 20.0. The minimum Gasteiger partial charge on any atom is -0.377 e. The Hall–Kier alpha value is -1.87. The maximum absolute atomic E-state index is 12.4. The third-order valence-corrected chi connectivity index (χ3v) is 5.65. The summed E-state index contributed by atoms with van der Waals surface area (Å²) >= 11 is 1.85. The SMILES string of the molecule is COCc1noc(N2CCCC2Cn2nc3c(cc2=O)CSCC3)n1. The number of ether oxygens (including phenoxy) is 1. The Balaban J connectivity index is 1.54. The Morgan fingerprint density at radius 3 is 3.28 bits per heavy atom. The fourth-order valence-corrected chi connectivity index (χ4v) is 4.36. The standard InChI is InChI=1S/C16H21N5O3S/c1-23-9-14-17-16(24-19-14)20-5-2-3-12(20)8-21-15(22)7-11-10-25-6-4-13(11)18-21/h7,12H,2-6,8-10H2,1H3. The number of rotatable bonds is 5. The van der Waals surface area contributed by atoms with Crippen LogP contribution in [0.1, 0.15) is 29.9 Å². The summed E-state index contributed by atoms with van der Waals surface area (Å²) in [7, 11) is 1.60. The molecule has 1 unspecified atom stereocenters. The van der Waals surface area contributed by atoms with Gasteiger partial charge in [-0.05, 0) is 24.2 Å². The van der Waals surface area contributed by atoms with E-state index >= 15 is 0 Å². The molecule has 9 heteroatoms. The zero-order valence-corrected chi connectivity index (χ0v) is 15.0. The van der Waals surface area contributed by atoms with Gasteiger partial charge in [-0.15, -0.1) is 0 Å². The van der Waals surface area contributed by atoms with Crippen molar-refractivity contribution in [3.05, 3.63) is 33.5 Å². The first-order valence-electron chi connectivity index (χ1n) is 8.50. The average Bonchev–Trinajstić information content (AvgIpc) is 3.25. The molecule has 0 radical (unpaired) electrons. The van der Waals surface area contributed by atoms with Gasteiger partial charge < -0.3 is 14.2 Å². The molecule has 0 bridgehead atoms. The third-order valence-electron chi connectivity index (χ3n) is 4.64. The van der Waals surface area contributed by atoms with Gasteiger partial charge in [0.1, 0.15) is 6.61 Å².